The molecule has 0 bridgehead atoms. The van der Waals surface area contributed by atoms with Crippen LogP contribution in [0, 0.1) is 0 Å². The number of hydrogen-bond donors (Lipinski definition) is 6. The third-order valence-electron chi connectivity index (χ3n) is 13.1. The van der Waals surface area contributed by atoms with Crippen LogP contribution in [0.3, 0.4) is 0 Å². The summed E-state index contributed by atoms with van der Waals surface area (Å²) in [6, 6.07) is -1.03. The van der Waals surface area contributed by atoms with E-state index in [-0.39, 0.29) is 19.4 Å². The molecule has 0 radical (unpaired) electrons. The summed E-state index contributed by atoms with van der Waals surface area (Å²) in [5.41, 5.74) is 0. The molecular weight excluding hydrogens is 895 g/mol. The van der Waals surface area contributed by atoms with Crippen molar-refractivity contribution in [2.75, 3.05) is 13.2 Å². The molecule has 1 saturated heterocycles. The van der Waals surface area contributed by atoms with Crippen LogP contribution in [-0.4, -0.2) is 99.6 Å². The minimum absolute atomic E-state index is 0.0827. The maximum Gasteiger partial charge on any atom is 0.306 e. The summed E-state index contributed by atoms with van der Waals surface area (Å²) in [6.07, 6.45) is 49.4. The Labute approximate surface area is 432 Å². The molecule has 6 N–H and O–H groups in total. The highest BCUT2D eigenvalue weighted by Gasteiger charge is 2.47. The number of rotatable bonds is 47. The maximum atomic E-state index is 13.3. The second kappa shape index (κ2) is 48.1. The first-order valence-electron chi connectivity index (χ1n) is 28.7. The molecule has 1 amide bonds. The Morgan fingerprint density at radius 1 is 0.563 bits per heavy atom. The number of aliphatic hydroxyl groups is 5. The first-order chi connectivity index (χ1) is 34.7. The quantitative estimate of drug-likeness (QED) is 0.0196. The van der Waals surface area contributed by atoms with Crippen LogP contribution >= 0.6 is 0 Å². The van der Waals surface area contributed by atoms with Crippen molar-refractivity contribution in [2.45, 2.75) is 282 Å². The molecule has 8 unspecified atom stereocenters. The average molecular weight is 1000 g/mol. The van der Waals surface area contributed by atoms with E-state index in [1.165, 1.54) is 96.3 Å². The number of nitrogens with one attached hydrogen (secondary N) is 1. The predicted octanol–water partition coefficient (Wildman–Crippen LogP) is 12.8. The van der Waals surface area contributed by atoms with Crippen molar-refractivity contribution in [2.24, 2.45) is 0 Å². The van der Waals surface area contributed by atoms with E-state index in [0.29, 0.717) is 12.8 Å². The number of carbonyl (C=O) groups excluding carboxylic acids is 2. The fraction of sp³-hybridized carbons (Fsp3) is 0.767. The zero-order valence-electron chi connectivity index (χ0n) is 45.1. The Morgan fingerprint density at radius 3 is 1.52 bits per heavy atom. The Balaban J connectivity index is 2.73. The zero-order valence-corrected chi connectivity index (χ0v) is 45.1. The molecule has 71 heavy (non-hydrogen) atoms. The van der Waals surface area contributed by atoms with Crippen LogP contribution in [0.1, 0.15) is 233 Å². The average Bonchev–Trinajstić information content (AvgIpc) is 3.37. The number of hydrogen-bond acceptors (Lipinski definition) is 10. The molecule has 1 aliphatic rings. The highest BCUT2D eigenvalue weighted by Crippen LogP contribution is 2.26. The second-order valence-corrected chi connectivity index (χ2v) is 19.6. The highest BCUT2D eigenvalue weighted by atomic mass is 16.7. The summed E-state index contributed by atoms with van der Waals surface area (Å²) in [5, 5.41) is 56.7. The van der Waals surface area contributed by atoms with Gasteiger partial charge in [-0.2, -0.15) is 0 Å². The molecule has 0 aromatic heterocycles. The molecule has 11 heteroatoms. The van der Waals surface area contributed by atoms with Gasteiger partial charge in [0, 0.05) is 6.42 Å². The van der Waals surface area contributed by atoms with Crippen molar-refractivity contribution in [3.63, 3.8) is 0 Å². The third kappa shape index (κ3) is 36.6. The topological polar surface area (TPSA) is 175 Å². The number of ether oxygens (including phenoxy) is 3. The number of allylic oxidation sites excluding steroid dienone is 11. The normalized spacial score (nSPS) is 20.1. The molecule has 0 aliphatic carbocycles. The first-order valence-corrected chi connectivity index (χ1v) is 28.7. The lowest BCUT2D eigenvalue weighted by Crippen LogP contribution is -2.61. The number of unbranched alkanes of at least 4 members (excludes halogenated alkanes) is 23. The summed E-state index contributed by atoms with van der Waals surface area (Å²) >= 11 is 0. The molecule has 1 heterocycles. The van der Waals surface area contributed by atoms with Gasteiger partial charge in [-0.05, 0) is 70.6 Å². The number of esters is 1. The van der Waals surface area contributed by atoms with Gasteiger partial charge in [-0.3, -0.25) is 9.59 Å². The van der Waals surface area contributed by atoms with E-state index in [2.05, 4.69) is 86.8 Å². The van der Waals surface area contributed by atoms with Crippen molar-refractivity contribution in [1.29, 1.82) is 0 Å². The standard InChI is InChI=1S/C60H105NO10/c1-4-7-10-13-16-19-22-24-25-26-27-28-29-30-33-36-39-42-45-48-55(65)71-58-57(67)56(66)54(49-62)70-60(58)69-50-51(52(63)46-43-40-37-34-31-21-18-15-12-9-6-3)61-59(68)53(64)47-44-41-38-35-32-23-20-17-14-11-8-5-2/h7,10,16,19,24-25,27-28,30,33,43,46,51-54,56-58,60,62-64,66-67H,4-6,8-9,11-15,17-18,20-23,26,29,31-32,34-42,44-45,47-50H2,1-3H3,(H,61,68)/b10-7-,19-16-,25-24-,28-27-,33-30-,46-43+. The number of amides is 1. The van der Waals surface area contributed by atoms with Gasteiger partial charge >= 0.3 is 5.97 Å². The van der Waals surface area contributed by atoms with Crippen LogP contribution in [0.25, 0.3) is 0 Å². The van der Waals surface area contributed by atoms with Gasteiger partial charge in [0.2, 0.25) is 5.91 Å². The Bertz CT molecular complexity index is 1430. The summed E-state index contributed by atoms with van der Waals surface area (Å²) in [6.45, 7) is 5.63. The molecule has 11 nitrogen and oxygen atoms in total. The van der Waals surface area contributed by atoms with E-state index in [9.17, 15) is 35.1 Å². The van der Waals surface area contributed by atoms with Crippen molar-refractivity contribution in [3.05, 3.63) is 72.9 Å². The Kier molecular flexibility index (Phi) is 44.8. The van der Waals surface area contributed by atoms with Crippen molar-refractivity contribution < 1.29 is 49.3 Å². The lowest BCUT2D eigenvalue weighted by Gasteiger charge is -2.41. The molecule has 0 aromatic carbocycles. The first kappa shape index (κ1) is 66.1. The van der Waals surface area contributed by atoms with Gasteiger partial charge in [-0.1, -0.05) is 229 Å². The molecule has 8 atom stereocenters. The summed E-state index contributed by atoms with van der Waals surface area (Å²) in [4.78, 5) is 26.4. The van der Waals surface area contributed by atoms with E-state index in [1.807, 2.05) is 6.08 Å². The monoisotopic (exact) mass is 1000 g/mol. The molecular formula is C60H105NO10. The van der Waals surface area contributed by atoms with Crippen LogP contribution in [0.4, 0.5) is 0 Å². The largest absolute Gasteiger partial charge is 0.454 e. The van der Waals surface area contributed by atoms with Crippen LogP contribution < -0.4 is 5.32 Å². The van der Waals surface area contributed by atoms with Crippen LogP contribution in [0.2, 0.25) is 0 Å². The van der Waals surface area contributed by atoms with E-state index in [1.54, 1.807) is 6.08 Å². The van der Waals surface area contributed by atoms with E-state index in [4.69, 9.17) is 14.2 Å². The fourth-order valence-electron chi connectivity index (χ4n) is 8.56. The Morgan fingerprint density at radius 2 is 1.01 bits per heavy atom. The van der Waals surface area contributed by atoms with Gasteiger partial charge < -0.3 is 45.1 Å². The molecule has 0 spiro atoms. The van der Waals surface area contributed by atoms with Crippen LogP contribution in [0.15, 0.2) is 72.9 Å². The smallest absolute Gasteiger partial charge is 0.306 e. The molecule has 1 fully saturated rings. The minimum atomic E-state index is -1.63. The minimum Gasteiger partial charge on any atom is -0.454 e. The molecule has 0 aromatic rings. The highest BCUT2D eigenvalue weighted by molar-refractivity contribution is 5.80. The Hall–Kier alpha value is -2.90. The van der Waals surface area contributed by atoms with Gasteiger partial charge in [0.15, 0.2) is 12.4 Å². The van der Waals surface area contributed by atoms with Crippen LogP contribution in [-0.2, 0) is 23.8 Å². The van der Waals surface area contributed by atoms with Gasteiger partial charge in [0.25, 0.3) is 0 Å². The summed E-state index contributed by atoms with van der Waals surface area (Å²) in [5.74, 6) is -1.23. The molecule has 0 saturated carbocycles. The van der Waals surface area contributed by atoms with Crippen LogP contribution in [0.5, 0.6) is 0 Å². The fourth-order valence-corrected chi connectivity index (χ4v) is 8.56. The summed E-state index contributed by atoms with van der Waals surface area (Å²) < 4.78 is 17.5. The predicted molar refractivity (Wildman–Crippen MR) is 292 cm³/mol. The SMILES string of the molecule is CC/C=C\C/C=C\C/C=C\C/C=C\C/C=C\CCCCCC(=O)OC1C(OCC(NC(=O)C(O)CCCCCCCCCCCCCC)C(O)/C=C/CCCCCCCCCCC)OC(CO)C(O)C1O. The maximum absolute atomic E-state index is 13.3. The van der Waals surface area contributed by atoms with E-state index >= 15 is 0 Å². The van der Waals surface area contributed by atoms with Crippen molar-refractivity contribution >= 4 is 11.9 Å². The van der Waals surface area contributed by atoms with Gasteiger partial charge in [0.1, 0.15) is 24.4 Å². The van der Waals surface area contributed by atoms with Gasteiger partial charge in [0.05, 0.1) is 25.4 Å². The van der Waals surface area contributed by atoms with Gasteiger partial charge in [-0.15, -0.1) is 0 Å². The summed E-state index contributed by atoms with van der Waals surface area (Å²) in [7, 11) is 0. The van der Waals surface area contributed by atoms with Gasteiger partial charge in [-0.25, -0.2) is 0 Å². The zero-order chi connectivity index (χ0) is 51.8. The lowest BCUT2D eigenvalue weighted by atomic mass is 9.99. The molecule has 1 aliphatic heterocycles. The van der Waals surface area contributed by atoms with Crippen molar-refractivity contribution in [1.82, 2.24) is 5.32 Å². The van der Waals surface area contributed by atoms with Crippen molar-refractivity contribution in [3.8, 4) is 0 Å². The molecule has 410 valence electrons. The third-order valence-corrected chi connectivity index (χ3v) is 13.1. The number of carbonyl (C=O) groups is 2. The number of aliphatic hydroxyl groups excluding tert-OH is 5. The second-order valence-electron chi connectivity index (χ2n) is 19.6. The molecule has 1 rings (SSSR count). The lowest BCUT2D eigenvalue weighted by molar-refractivity contribution is -0.305. The van der Waals surface area contributed by atoms with E-state index in [0.717, 1.165) is 89.9 Å². The van der Waals surface area contributed by atoms with E-state index < -0.39 is 67.4 Å².